The highest BCUT2D eigenvalue weighted by Crippen LogP contribution is 2.36. The number of nitriles is 1. The molecule has 1 aromatic carbocycles. The second-order valence-corrected chi connectivity index (χ2v) is 6.45. The minimum atomic E-state index is -1.01. The average Bonchev–Trinajstić information content (AvgIpc) is 3.22. The Balaban J connectivity index is 2.13. The van der Waals surface area contributed by atoms with Crippen LogP contribution in [-0.4, -0.2) is 23.2 Å². The van der Waals surface area contributed by atoms with Gasteiger partial charge in [0.1, 0.15) is 27.4 Å². The quantitative estimate of drug-likeness (QED) is 0.771. The zero-order chi connectivity index (χ0) is 16.4. The number of rotatable bonds is 4. The number of hydrogen-bond donors (Lipinski definition) is 1. The van der Waals surface area contributed by atoms with Gasteiger partial charge in [-0.1, -0.05) is 6.07 Å². The van der Waals surface area contributed by atoms with Gasteiger partial charge in [0.2, 0.25) is 0 Å². The Morgan fingerprint density at radius 2 is 2.22 bits per heavy atom. The normalized spacial score (nSPS) is 10.3. The second kappa shape index (κ2) is 6.20. The van der Waals surface area contributed by atoms with Crippen molar-refractivity contribution < 1.29 is 14.6 Å². The fourth-order valence-electron chi connectivity index (χ4n) is 2.10. The monoisotopic (exact) mass is 342 g/mol. The lowest BCUT2D eigenvalue weighted by Gasteiger charge is -2.03. The smallest absolute Gasteiger partial charge is 0.348 e. The summed E-state index contributed by atoms with van der Waals surface area (Å²) >= 11 is 2.54. The zero-order valence-electron chi connectivity index (χ0n) is 11.9. The topological polar surface area (TPSA) is 83.2 Å². The molecule has 0 saturated carbocycles. The molecule has 3 rings (SSSR count). The van der Waals surface area contributed by atoms with Gasteiger partial charge in [0.05, 0.1) is 17.6 Å². The number of thiazole rings is 1. The zero-order valence-corrected chi connectivity index (χ0v) is 13.6. The molecule has 7 heteroatoms. The number of methoxy groups -OCH3 is 1. The molecule has 5 nitrogen and oxygen atoms in total. The first-order valence-corrected chi connectivity index (χ1v) is 8.20. The molecule has 0 bridgehead atoms. The van der Waals surface area contributed by atoms with Crippen LogP contribution in [0.5, 0.6) is 5.75 Å². The largest absolute Gasteiger partial charge is 0.495 e. The number of nitrogens with zero attached hydrogens (tertiary/aromatic N) is 2. The number of aromatic carboxylic acids is 1. The van der Waals surface area contributed by atoms with Gasteiger partial charge < -0.3 is 9.84 Å². The van der Waals surface area contributed by atoms with Gasteiger partial charge in [-0.05, 0) is 29.6 Å². The predicted octanol–water partition coefficient (Wildman–Crippen LogP) is 4.12. The van der Waals surface area contributed by atoms with E-state index in [4.69, 9.17) is 4.74 Å². The van der Waals surface area contributed by atoms with E-state index in [1.807, 2.05) is 17.5 Å². The summed E-state index contributed by atoms with van der Waals surface area (Å²) < 4.78 is 5.12. The summed E-state index contributed by atoms with van der Waals surface area (Å²) in [6.07, 6.45) is 0. The van der Waals surface area contributed by atoms with Gasteiger partial charge in [0.25, 0.3) is 0 Å². The molecule has 0 aliphatic heterocycles. The van der Waals surface area contributed by atoms with Crippen LogP contribution in [0.15, 0.2) is 35.7 Å². The first-order chi connectivity index (χ1) is 11.1. The summed E-state index contributed by atoms with van der Waals surface area (Å²) in [6.45, 7) is 0. The molecule has 114 valence electrons. The van der Waals surface area contributed by atoms with Gasteiger partial charge in [0.15, 0.2) is 0 Å². The predicted molar refractivity (Wildman–Crippen MR) is 89.1 cm³/mol. The Labute approximate surface area is 140 Å². The van der Waals surface area contributed by atoms with E-state index in [1.165, 1.54) is 18.4 Å². The maximum atomic E-state index is 11.5. The van der Waals surface area contributed by atoms with Crippen molar-refractivity contribution in [3.8, 4) is 33.0 Å². The van der Waals surface area contributed by atoms with Gasteiger partial charge >= 0.3 is 5.97 Å². The molecule has 0 aliphatic carbocycles. The molecule has 0 spiro atoms. The van der Waals surface area contributed by atoms with E-state index < -0.39 is 5.97 Å². The van der Waals surface area contributed by atoms with E-state index in [0.29, 0.717) is 27.6 Å². The third-order valence-corrected chi connectivity index (χ3v) is 5.11. The summed E-state index contributed by atoms with van der Waals surface area (Å²) in [5.41, 5.74) is 1.54. The molecule has 0 unspecified atom stereocenters. The van der Waals surface area contributed by atoms with Crippen molar-refractivity contribution in [1.29, 1.82) is 5.26 Å². The minimum absolute atomic E-state index is 0.191. The summed E-state index contributed by atoms with van der Waals surface area (Å²) in [5.74, 6) is -0.532. The van der Waals surface area contributed by atoms with Crippen molar-refractivity contribution in [2.45, 2.75) is 0 Å². The number of carbonyl (C=O) groups is 1. The van der Waals surface area contributed by atoms with E-state index in [1.54, 1.807) is 18.2 Å². The van der Waals surface area contributed by atoms with Crippen LogP contribution in [0.4, 0.5) is 0 Å². The molecule has 1 N–H and O–H groups in total. The summed E-state index contributed by atoms with van der Waals surface area (Å²) in [5, 5.41) is 21.0. The number of ether oxygens (including phenoxy) is 1. The van der Waals surface area contributed by atoms with Crippen molar-refractivity contribution in [1.82, 2.24) is 4.98 Å². The van der Waals surface area contributed by atoms with Gasteiger partial charge in [-0.25, -0.2) is 9.78 Å². The highest BCUT2D eigenvalue weighted by Gasteiger charge is 2.20. The van der Waals surface area contributed by atoms with Crippen LogP contribution in [-0.2, 0) is 0 Å². The summed E-state index contributed by atoms with van der Waals surface area (Å²) in [6, 6.07) is 10.9. The number of aromatic nitrogens is 1. The molecule has 0 amide bonds. The Kier molecular flexibility index (Phi) is 4.10. The van der Waals surface area contributed by atoms with Crippen LogP contribution in [0.2, 0.25) is 0 Å². The molecule has 23 heavy (non-hydrogen) atoms. The van der Waals surface area contributed by atoms with Crippen LogP contribution in [0.3, 0.4) is 0 Å². The van der Waals surface area contributed by atoms with E-state index in [9.17, 15) is 15.2 Å². The SMILES string of the molecule is COc1ccc(-c2nc(-c3cccs3)c(C(=O)O)s2)cc1C#N. The lowest BCUT2D eigenvalue weighted by atomic mass is 10.1. The van der Waals surface area contributed by atoms with Gasteiger partial charge in [-0.2, -0.15) is 5.26 Å². The van der Waals surface area contributed by atoms with Gasteiger partial charge in [-0.3, -0.25) is 0 Å². The fraction of sp³-hybridized carbons (Fsp3) is 0.0625. The second-order valence-electron chi connectivity index (χ2n) is 4.51. The molecule has 0 atom stereocenters. The van der Waals surface area contributed by atoms with E-state index in [0.717, 1.165) is 16.2 Å². The van der Waals surface area contributed by atoms with E-state index in [-0.39, 0.29) is 4.88 Å². The lowest BCUT2D eigenvalue weighted by Crippen LogP contribution is -1.94. The first kappa shape index (κ1) is 15.2. The van der Waals surface area contributed by atoms with Crippen molar-refractivity contribution in [2.24, 2.45) is 0 Å². The summed E-state index contributed by atoms with van der Waals surface area (Å²) in [7, 11) is 1.50. The van der Waals surface area contributed by atoms with E-state index >= 15 is 0 Å². The van der Waals surface area contributed by atoms with Crippen LogP contribution in [0.1, 0.15) is 15.2 Å². The van der Waals surface area contributed by atoms with Crippen LogP contribution < -0.4 is 4.74 Å². The molecule has 2 heterocycles. The molecule has 0 aliphatic rings. The Morgan fingerprint density at radius 1 is 1.39 bits per heavy atom. The maximum Gasteiger partial charge on any atom is 0.348 e. The van der Waals surface area contributed by atoms with Crippen molar-refractivity contribution in [3.05, 3.63) is 46.2 Å². The molecule has 2 aromatic heterocycles. The maximum absolute atomic E-state index is 11.5. The first-order valence-electron chi connectivity index (χ1n) is 6.50. The Hall–Kier alpha value is -2.69. The minimum Gasteiger partial charge on any atom is -0.495 e. The lowest BCUT2D eigenvalue weighted by molar-refractivity contribution is 0.0702. The number of carboxylic acids is 1. The molecular weight excluding hydrogens is 332 g/mol. The van der Waals surface area contributed by atoms with Gasteiger partial charge in [-0.15, -0.1) is 22.7 Å². The number of carboxylic acid groups (broad SMARTS) is 1. The molecule has 0 saturated heterocycles. The van der Waals surface area contributed by atoms with Crippen molar-refractivity contribution >= 4 is 28.6 Å². The Bertz CT molecular complexity index is 908. The fourth-order valence-corrected chi connectivity index (χ4v) is 3.80. The van der Waals surface area contributed by atoms with E-state index in [2.05, 4.69) is 11.1 Å². The highest BCUT2D eigenvalue weighted by molar-refractivity contribution is 7.18. The van der Waals surface area contributed by atoms with Crippen molar-refractivity contribution in [3.63, 3.8) is 0 Å². The molecular formula is C16H10N2O3S2. The third-order valence-electron chi connectivity index (χ3n) is 3.14. The number of hydrogen-bond acceptors (Lipinski definition) is 6. The van der Waals surface area contributed by atoms with Crippen molar-refractivity contribution in [2.75, 3.05) is 7.11 Å². The van der Waals surface area contributed by atoms with Crippen LogP contribution in [0.25, 0.3) is 21.1 Å². The molecule has 3 aromatic rings. The standard InChI is InChI=1S/C16H10N2O3S2/c1-21-11-5-4-9(7-10(11)8-17)15-18-13(12-3-2-6-22-12)14(23-15)16(19)20/h2-7H,1H3,(H,19,20). The van der Waals surface area contributed by atoms with Crippen LogP contribution >= 0.6 is 22.7 Å². The molecule has 0 fully saturated rings. The number of thiophene rings is 1. The number of benzene rings is 1. The van der Waals surface area contributed by atoms with Gasteiger partial charge in [0, 0.05) is 5.56 Å². The summed E-state index contributed by atoms with van der Waals surface area (Å²) in [4.78, 5) is 17.0. The van der Waals surface area contributed by atoms with Crippen LogP contribution in [0, 0.1) is 11.3 Å². The third kappa shape index (κ3) is 2.82. The average molecular weight is 342 g/mol. The molecule has 0 radical (unpaired) electrons. The Morgan fingerprint density at radius 3 is 2.83 bits per heavy atom. The highest BCUT2D eigenvalue weighted by atomic mass is 32.1.